The van der Waals surface area contributed by atoms with Crippen LogP contribution in [0.3, 0.4) is 0 Å². The van der Waals surface area contributed by atoms with Crippen LogP contribution in [0.15, 0.2) is 30.3 Å². The number of nitrogens with zero attached hydrogens (tertiary/aromatic N) is 3. The van der Waals surface area contributed by atoms with Crippen LogP contribution in [0.25, 0.3) is 11.0 Å². The van der Waals surface area contributed by atoms with Gasteiger partial charge in [-0.05, 0) is 30.3 Å². The van der Waals surface area contributed by atoms with Gasteiger partial charge >= 0.3 is 0 Å². The molecule has 3 rings (SSSR count). The molecule has 7 heteroatoms. The first kappa shape index (κ1) is 12.7. The fourth-order valence-corrected chi connectivity index (χ4v) is 2.34. The van der Waals surface area contributed by atoms with Crippen LogP contribution in [0, 0.1) is 11.3 Å². The third-order valence-corrected chi connectivity index (χ3v) is 3.08. The van der Waals surface area contributed by atoms with Gasteiger partial charge in [-0.3, -0.25) is 5.10 Å². The van der Waals surface area contributed by atoms with Gasteiger partial charge in [0.25, 0.3) is 0 Å². The molecule has 0 saturated carbocycles. The van der Waals surface area contributed by atoms with Crippen molar-refractivity contribution in [1.82, 2.24) is 15.2 Å². The van der Waals surface area contributed by atoms with Crippen LogP contribution in [0.2, 0.25) is 10.0 Å². The smallest absolute Gasteiger partial charge is 0.178 e. The molecule has 2 aromatic heterocycles. The molecule has 0 aliphatic carbocycles. The minimum absolute atomic E-state index is 0.325. The molecule has 0 fully saturated rings. The fourth-order valence-electron chi connectivity index (χ4n) is 1.81. The Hall–Kier alpha value is -2.29. The lowest BCUT2D eigenvalue weighted by Gasteiger charge is -2.04. The molecule has 0 atom stereocenters. The molecular weight excluding hydrogens is 297 g/mol. The molecule has 98 valence electrons. The van der Waals surface area contributed by atoms with Crippen molar-refractivity contribution in [2.75, 3.05) is 5.32 Å². The van der Waals surface area contributed by atoms with Crippen molar-refractivity contribution in [3.63, 3.8) is 0 Å². The van der Waals surface area contributed by atoms with Gasteiger partial charge in [-0.15, -0.1) is 0 Å². The average Bonchev–Trinajstić information content (AvgIpc) is 2.80. The summed E-state index contributed by atoms with van der Waals surface area (Å²) in [7, 11) is 0. The molecule has 20 heavy (non-hydrogen) atoms. The van der Waals surface area contributed by atoms with Gasteiger partial charge in [0.2, 0.25) is 0 Å². The van der Waals surface area contributed by atoms with Crippen molar-refractivity contribution < 1.29 is 0 Å². The lowest BCUT2D eigenvalue weighted by Crippen LogP contribution is -1.92. The van der Waals surface area contributed by atoms with Crippen LogP contribution in [0.1, 0.15) is 5.69 Å². The summed E-state index contributed by atoms with van der Waals surface area (Å²) in [6.45, 7) is 0. The number of benzene rings is 1. The molecule has 0 amide bonds. The van der Waals surface area contributed by atoms with Gasteiger partial charge in [-0.25, -0.2) is 4.98 Å². The van der Waals surface area contributed by atoms with E-state index in [9.17, 15) is 0 Å². The number of fused-ring (bicyclic) bond motifs is 1. The molecule has 0 aliphatic rings. The Morgan fingerprint density at radius 2 is 1.90 bits per heavy atom. The highest BCUT2D eigenvalue weighted by Gasteiger charge is 2.09. The molecule has 0 bridgehead atoms. The molecule has 0 unspecified atom stereocenters. The first-order valence-corrected chi connectivity index (χ1v) is 6.39. The maximum Gasteiger partial charge on any atom is 0.178 e. The van der Waals surface area contributed by atoms with Crippen molar-refractivity contribution in [3.8, 4) is 6.07 Å². The second-order valence-corrected chi connectivity index (χ2v) is 4.93. The summed E-state index contributed by atoms with van der Waals surface area (Å²) in [4.78, 5) is 4.21. The number of nitriles is 1. The second kappa shape index (κ2) is 5.00. The number of hydrogen-bond acceptors (Lipinski definition) is 4. The van der Waals surface area contributed by atoms with Gasteiger partial charge < -0.3 is 5.32 Å². The van der Waals surface area contributed by atoms with Crippen LogP contribution in [-0.4, -0.2) is 15.2 Å². The largest absolute Gasteiger partial charge is 0.337 e. The summed E-state index contributed by atoms with van der Waals surface area (Å²) < 4.78 is 0. The standard InChI is InChI=1S/C13H7Cl2N5/c14-7-3-8(15)5-10(4-7)18-13-12-11(19-20-13)2-1-9(6-16)17-12/h1-5H,(H2,18,19,20). The number of nitrogens with one attached hydrogen (secondary N) is 2. The zero-order valence-electron chi connectivity index (χ0n) is 9.98. The van der Waals surface area contributed by atoms with E-state index in [1.165, 1.54) is 0 Å². The van der Waals surface area contributed by atoms with Crippen LogP contribution in [-0.2, 0) is 0 Å². The van der Waals surface area contributed by atoms with Crippen molar-refractivity contribution >= 4 is 45.7 Å². The van der Waals surface area contributed by atoms with Crippen molar-refractivity contribution in [2.24, 2.45) is 0 Å². The van der Waals surface area contributed by atoms with E-state index in [-0.39, 0.29) is 0 Å². The lowest BCUT2D eigenvalue weighted by molar-refractivity contribution is 1.12. The van der Waals surface area contributed by atoms with E-state index < -0.39 is 0 Å². The number of pyridine rings is 1. The highest BCUT2D eigenvalue weighted by atomic mass is 35.5. The summed E-state index contributed by atoms with van der Waals surface area (Å²) in [6, 6.07) is 10.5. The Balaban J connectivity index is 2.04. The van der Waals surface area contributed by atoms with Gasteiger partial charge in [-0.1, -0.05) is 23.2 Å². The molecule has 2 N–H and O–H groups in total. The van der Waals surface area contributed by atoms with Crippen LogP contribution >= 0.6 is 23.2 Å². The summed E-state index contributed by atoms with van der Waals surface area (Å²) in [5.74, 6) is 0.510. The third kappa shape index (κ3) is 2.39. The van der Waals surface area contributed by atoms with Crippen LogP contribution < -0.4 is 5.32 Å². The number of rotatable bonds is 2. The van der Waals surface area contributed by atoms with Gasteiger partial charge in [0, 0.05) is 15.7 Å². The van der Waals surface area contributed by atoms with Crippen molar-refractivity contribution in [3.05, 3.63) is 46.1 Å². The molecule has 1 aromatic carbocycles. The van der Waals surface area contributed by atoms with E-state index in [1.807, 2.05) is 6.07 Å². The third-order valence-electron chi connectivity index (χ3n) is 2.65. The topological polar surface area (TPSA) is 77.4 Å². The number of aromatic amines is 1. The molecule has 2 heterocycles. The molecular formula is C13H7Cl2N5. The van der Waals surface area contributed by atoms with Crippen molar-refractivity contribution in [2.45, 2.75) is 0 Å². The summed E-state index contributed by atoms with van der Waals surface area (Å²) in [6.07, 6.45) is 0. The quantitative estimate of drug-likeness (QED) is 0.753. The summed E-state index contributed by atoms with van der Waals surface area (Å²) >= 11 is 11.9. The molecule has 0 saturated heterocycles. The normalized spacial score (nSPS) is 10.4. The molecule has 5 nitrogen and oxygen atoms in total. The molecule has 3 aromatic rings. The van der Waals surface area contributed by atoms with E-state index in [1.54, 1.807) is 30.3 Å². The van der Waals surface area contributed by atoms with E-state index >= 15 is 0 Å². The molecule has 0 aliphatic heterocycles. The Kier molecular flexibility index (Phi) is 3.18. The molecule has 0 spiro atoms. The predicted octanol–water partition coefficient (Wildman–Crippen LogP) is 3.88. The minimum Gasteiger partial charge on any atom is -0.337 e. The van der Waals surface area contributed by atoms with Gasteiger partial charge in [0.15, 0.2) is 5.82 Å². The van der Waals surface area contributed by atoms with Crippen LogP contribution in [0.4, 0.5) is 11.5 Å². The highest BCUT2D eigenvalue weighted by molar-refractivity contribution is 6.35. The maximum atomic E-state index is 8.89. The average molecular weight is 304 g/mol. The zero-order chi connectivity index (χ0) is 14.1. The summed E-state index contributed by atoms with van der Waals surface area (Å²) in [5, 5.41) is 20.0. The zero-order valence-corrected chi connectivity index (χ0v) is 11.5. The lowest BCUT2D eigenvalue weighted by atomic mass is 10.3. The Morgan fingerprint density at radius 3 is 2.60 bits per heavy atom. The first-order chi connectivity index (χ1) is 9.65. The summed E-state index contributed by atoms with van der Waals surface area (Å²) in [5.41, 5.74) is 2.34. The first-order valence-electron chi connectivity index (χ1n) is 5.64. The minimum atomic E-state index is 0.325. The van der Waals surface area contributed by atoms with E-state index in [0.717, 1.165) is 5.52 Å². The highest BCUT2D eigenvalue weighted by Crippen LogP contribution is 2.27. The van der Waals surface area contributed by atoms with Gasteiger partial charge in [0.05, 0.1) is 5.52 Å². The maximum absolute atomic E-state index is 8.89. The van der Waals surface area contributed by atoms with Crippen molar-refractivity contribution in [1.29, 1.82) is 5.26 Å². The van der Waals surface area contributed by atoms with Gasteiger partial charge in [0.1, 0.15) is 17.3 Å². The SMILES string of the molecule is N#Cc1ccc2[nH]nc(Nc3cc(Cl)cc(Cl)c3)c2n1. The number of anilines is 2. The Labute approximate surface area is 124 Å². The molecule has 0 radical (unpaired) electrons. The Bertz CT molecular complexity index is 814. The van der Waals surface area contributed by atoms with Crippen LogP contribution in [0.5, 0.6) is 0 Å². The van der Waals surface area contributed by atoms with E-state index in [2.05, 4.69) is 20.5 Å². The van der Waals surface area contributed by atoms with Gasteiger partial charge in [-0.2, -0.15) is 10.4 Å². The number of halogens is 2. The second-order valence-electron chi connectivity index (χ2n) is 4.06. The Morgan fingerprint density at radius 1 is 1.15 bits per heavy atom. The predicted molar refractivity (Wildman–Crippen MR) is 78.3 cm³/mol. The number of H-pyrrole nitrogens is 1. The fraction of sp³-hybridized carbons (Fsp3) is 0. The monoisotopic (exact) mass is 303 g/mol. The van der Waals surface area contributed by atoms with E-state index in [0.29, 0.717) is 32.8 Å². The number of aromatic nitrogens is 3. The number of hydrogen-bond donors (Lipinski definition) is 2. The van der Waals surface area contributed by atoms with E-state index in [4.69, 9.17) is 28.5 Å².